The maximum Gasteiger partial charge on any atom is 0.416 e. The number of anilines is 1. The average molecular weight is 279 g/mol. The molecule has 0 amide bonds. The van der Waals surface area contributed by atoms with Gasteiger partial charge in [-0.1, -0.05) is 19.1 Å². The summed E-state index contributed by atoms with van der Waals surface area (Å²) in [4.78, 5) is 0. The van der Waals surface area contributed by atoms with Crippen LogP contribution in [0.1, 0.15) is 23.6 Å². The van der Waals surface area contributed by atoms with Gasteiger partial charge < -0.3 is 5.73 Å². The fourth-order valence-corrected chi connectivity index (χ4v) is 2.24. The quantitative estimate of drug-likeness (QED) is 0.783. The highest BCUT2D eigenvalue weighted by molar-refractivity contribution is 5.71. The van der Waals surface area contributed by atoms with Gasteiger partial charge in [0.15, 0.2) is 0 Å². The Morgan fingerprint density at radius 3 is 2.30 bits per heavy atom. The number of hydrogen-bond donors (Lipinski definition) is 1. The lowest BCUT2D eigenvalue weighted by Gasteiger charge is -2.13. The van der Waals surface area contributed by atoms with Crippen LogP contribution in [0.15, 0.2) is 36.4 Å². The molecule has 0 saturated heterocycles. The summed E-state index contributed by atoms with van der Waals surface area (Å²) < 4.78 is 38.0. The molecule has 0 atom stereocenters. The molecule has 4 heteroatoms. The summed E-state index contributed by atoms with van der Waals surface area (Å²) in [5.74, 6) is 0. The lowest BCUT2D eigenvalue weighted by atomic mass is 9.96. The van der Waals surface area contributed by atoms with E-state index in [1.165, 1.54) is 12.1 Å². The number of rotatable bonds is 2. The normalized spacial score (nSPS) is 11.7. The van der Waals surface area contributed by atoms with E-state index in [0.29, 0.717) is 11.3 Å². The summed E-state index contributed by atoms with van der Waals surface area (Å²) in [6.07, 6.45) is -3.52. The lowest BCUT2D eigenvalue weighted by Crippen LogP contribution is -2.05. The van der Waals surface area contributed by atoms with Gasteiger partial charge in [0.05, 0.1) is 5.56 Å². The van der Waals surface area contributed by atoms with Gasteiger partial charge in [-0.25, -0.2) is 0 Å². The van der Waals surface area contributed by atoms with E-state index in [1.807, 2.05) is 19.1 Å². The van der Waals surface area contributed by atoms with Crippen LogP contribution < -0.4 is 5.73 Å². The van der Waals surface area contributed by atoms with Gasteiger partial charge in [0, 0.05) is 5.69 Å². The molecular formula is C16H16F3N. The number of hydrogen-bond acceptors (Lipinski definition) is 1. The molecule has 0 aromatic heterocycles. The van der Waals surface area contributed by atoms with Crippen LogP contribution in [0.3, 0.4) is 0 Å². The monoisotopic (exact) mass is 279 g/mol. The summed E-state index contributed by atoms with van der Waals surface area (Å²) in [5.41, 5.74) is 9.23. The molecular weight excluding hydrogens is 263 g/mol. The van der Waals surface area contributed by atoms with E-state index in [1.54, 1.807) is 13.0 Å². The number of halogens is 3. The molecule has 0 heterocycles. The number of benzene rings is 2. The van der Waals surface area contributed by atoms with Crippen molar-refractivity contribution in [1.29, 1.82) is 0 Å². The first kappa shape index (κ1) is 14.4. The van der Waals surface area contributed by atoms with Crippen molar-refractivity contribution >= 4 is 5.69 Å². The maximum atomic E-state index is 12.7. The highest BCUT2D eigenvalue weighted by atomic mass is 19.4. The Labute approximate surface area is 116 Å². The zero-order valence-electron chi connectivity index (χ0n) is 11.4. The summed E-state index contributed by atoms with van der Waals surface area (Å²) in [7, 11) is 0. The van der Waals surface area contributed by atoms with Crippen LogP contribution >= 0.6 is 0 Å². The molecule has 106 valence electrons. The van der Waals surface area contributed by atoms with Crippen LogP contribution in [0.2, 0.25) is 0 Å². The molecule has 0 unspecified atom stereocenters. The molecule has 0 fully saturated rings. The van der Waals surface area contributed by atoms with E-state index in [-0.39, 0.29) is 0 Å². The van der Waals surface area contributed by atoms with Crippen LogP contribution in [-0.4, -0.2) is 0 Å². The Balaban J connectivity index is 2.49. The molecule has 2 N–H and O–H groups in total. The minimum atomic E-state index is -4.31. The van der Waals surface area contributed by atoms with E-state index in [9.17, 15) is 13.2 Å². The first-order valence-electron chi connectivity index (χ1n) is 6.39. The third kappa shape index (κ3) is 2.79. The SMILES string of the molecule is CCc1cc(-c2ccc(C(F)(F)F)cc2C)ccc1N. The largest absolute Gasteiger partial charge is 0.416 e. The van der Waals surface area contributed by atoms with E-state index < -0.39 is 11.7 Å². The van der Waals surface area contributed by atoms with Crippen molar-refractivity contribution in [2.45, 2.75) is 26.4 Å². The fourth-order valence-electron chi connectivity index (χ4n) is 2.24. The average Bonchev–Trinajstić information content (AvgIpc) is 2.38. The van der Waals surface area contributed by atoms with E-state index >= 15 is 0 Å². The third-order valence-electron chi connectivity index (χ3n) is 3.39. The number of alkyl halides is 3. The first-order valence-corrected chi connectivity index (χ1v) is 6.39. The van der Waals surface area contributed by atoms with Crippen molar-refractivity contribution in [3.63, 3.8) is 0 Å². The fraction of sp³-hybridized carbons (Fsp3) is 0.250. The van der Waals surface area contributed by atoms with Crippen molar-refractivity contribution in [3.8, 4) is 11.1 Å². The Morgan fingerprint density at radius 1 is 1.05 bits per heavy atom. The van der Waals surface area contributed by atoms with Crippen molar-refractivity contribution in [3.05, 3.63) is 53.1 Å². The Hall–Kier alpha value is -1.97. The van der Waals surface area contributed by atoms with Gasteiger partial charge in [0.25, 0.3) is 0 Å². The Bertz CT molecular complexity index is 630. The van der Waals surface area contributed by atoms with Gasteiger partial charge >= 0.3 is 6.18 Å². The molecule has 0 aliphatic rings. The second-order valence-corrected chi connectivity index (χ2v) is 4.79. The smallest absolute Gasteiger partial charge is 0.399 e. The lowest BCUT2D eigenvalue weighted by molar-refractivity contribution is -0.137. The standard InChI is InChI=1S/C16H16F3N/c1-3-11-9-12(4-7-15(11)20)14-6-5-13(8-10(14)2)16(17,18)19/h4-9H,3,20H2,1-2H3. The minimum Gasteiger partial charge on any atom is -0.399 e. The minimum absolute atomic E-state index is 0.603. The van der Waals surface area contributed by atoms with Gasteiger partial charge in [0.1, 0.15) is 0 Å². The zero-order chi connectivity index (χ0) is 14.9. The number of aryl methyl sites for hydroxylation is 2. The van der Waals surface area contributed by atoms with Crippen molar-refractivity contribution in [1.82, 2.24) is 0 Å². The van der Waals surface area contributed by atoms with Crippen LogP contribution in [0.4, 0.5) is 18.9 Å². The highest BCUT2D eigenvalue weighted by Gasteiger charge is 2.30. The summed E-state index contributed by atoms with van der Waals surface area (Å²) in [6, 6.07) is 9.38. The van der Waals surface area contributed by atoms with Crippen molar-refractivity contribution < 1.29 is 13.2 Å². The molecule has 0 bridgehead atoms. The van der Waals surface area contributed by atoms with Gasteiger partial charge in [-0.3, -0.25) is 0 Å². The topological polar surface area (TPSA) is 26.0 Å². The van der Waals surface area contributed by atoms with Gasteiger partial charge in [0.2, 0.25) is 0 Å². The Kier molecular flexibility index (Phi) is 3.75. The second kappa shape index (κ2) is 5.19. The second-order valence-electron chi connectivity index (χ2n) is 4.79. The van der Waals surface area contributed by atoms with E-state index in [4.69, 9.17) is 5.73 Å². The molecule has 0 saturated carbocycles. The molecule has 0 aliphatic heterocycles. The molecule has 1 nitrogen and oxygen atoms in total. The molecule has 20 heavy (non-hydrogen) atoms. The molecule has 2 aromatic carbocycles. The van der Waals surface area contributed by atoms with Gasteiger partial charge in [-0.15, -0.1) is 0 Å². The highest BCUT2D eigenvalue weighted by Crippen LogP contribution is 2.33. The maximum absolute atomic E-state index is 12.7. The summed E-state index contributed by atoms with van der Waals surface area (Å²) in [6.45, 7) is 3.68. The zero-order valence-corrected chi connectivity index (χ0v) is 11.4. The van der Waals surface area contributed by atoms with Gasteiger partial charge in [-0.05, 0) is 59.9 Å². The number of nitrogen functional groups attached to an aromatic ring is 1. The third-order valence-corrected chi connectivity index (χ3v) is 3.39. The van der Waals surface area contributed by atoms with E-state index in [2.05, 4.69) is 0 Å². The first-order chi connectivity index (χ1) is 9.32. The van der Waals surface area contributed by atoms with Crippen LogP contribution in [-0.2, 0) is 12.6 Å². The Morgan fingerprint density at radius 2 is 1.75 bits per heavy atom. The van der Waals surface area contributed by atoms with Crippen molar-refractivity contribution in [2.75, 3.05) is 5.73 Å². The van der Waals surface area contributed by atoms with Crippen LogP contribution in [0, 0.1) is 6.92 Å². The summed E-state index contributed by atoms with van der Waals surface area (Å²) in [5, 5.41) is 0. The van der Waals surface area contributed by atoms with Crippen LogP contribution in [0.5, 0.6) is 0 Å². The van der Waals surface area contributed by atoms with Crippen molar-refractivity contribution in [2.24, 2.45) is 0 Å². The van der Waals surface area contributed by atoms with E-state index in [0.717, 1.165) is 29.2 Å². The molecule has 2 rings (SSSR count). The molecule has 0 radical (unpaired) electrons. The summed E-state index contributed by atoms with van der Waals surface area (Å²) >= 11 is 0. The van der Waals surface area contributed by atoms with Crippen LogP contribution in [0.25, 0.3) is 11.1 Å². The molecule has 2 aromatic rings. The molecule has 0 spiro atoms. The number of nitrogens with two attached hydrogens (primary N) is 1. The predicted octanol–water partition coefficient (Wildman–Crippen LogP) is 4.83. The van der Waals surface area contributed by atoms with Gasteiger partial charge in [-0.2, -0.15) is 13.2 Å². The predicted molar refractivity (Wildman–Crippen MR) is 75.4 cm³/mol. The molecule has 0 aliphatic carbocycles.